The molecule has 0 aliphatic carbocycles. The van der Waals surface area contributed by atoms with Crippen LogP contribution < -0.4 is 10.6 Å². The second kappa shape index (κ2) is 8.85. The molecule has 0 saturated carbocycles. The van der Waals surface area contributed by atoms with Gasteiger partial charge in [-0.25, -0.2) is 9.97 Å². The molecule has 2 rings (SSSR count). The molecule has 1 atom stereocenters. The standard InChI is InChI=1S/C17H22N4O2/c1-13(14-7-4-3-5-8-14)21-17(22)15-11-20-16(12-19-15)18-9-6-10-23-2/h3-5,7-8,11-13H,6,9-10H2,1-2H3,(H,18,20)(H,21,22). The summed E-state index contributed by atoms with van der Waals surface area (Å²) in [5.41, 5.74) is 1.35. The third-order valence-electron chi connectivity index (χ3n) is 3.36. The highest BCUT2D eigenvalue weighted by molar-refractivity contribution is 5.92. The van der Waals surface area contributed by atoms with E-state index in [0.717, 1.165) is 18.5 Å². The monoisotopic (exact) mass is 314 g/mol. The van der Waals surface area contributed by atoms with Gasteiger partial charge in [0.1, 0.15) is 11.5 Å². The second-order valence-corrected chi connectivity index (χ2v) is 5.17. The Morgan fingerprint density at radius 3 is 2.65 bits per heavy atom. The topological polar surface area (TPSA) is 76.1 Å². The molecule has 0 spiro atoms. The van der Waals surface area contributed by atoms with Crippen molar-refractivity contribution >= 4 is 11.7 Å². The molecule has 1 aromatic carbocycles. The van der Waals surface area contributed by atoms with Gasteiger partial charge in [-0.1, -0.05) is 30.3 Å². The minimum absolute atomic E-state index is 0.0858. The Morgan fingerprint density at radius 2 is 2.00 bits per heavy atom. The lowest BCUT2D eigenvalue weighted by Gasteiger charge is -2.13. The summed E-state index contributed by atoms with van der Waals surface area (Å²) in [6.07, 6.45) is 3.93. The number of aromatic nitrogens is 2. The van der Waals surface area contributed by atoms with E-state index in [1.807, 2.05) is 37.3 Å². The highest BCUT2D eigenvalue weighted by atomic mass is 16.5. The van der Waals surface area contributed by atoms with Gasteiger partial charge in [0.05, 0.1) is 18.4 Å². The summed E-state index contributed by atoms with van der Waals surface area (Å²) in [6.45, 7) is 3.38. The number of methoxy groups -OCH3 is 1. The first kappa shape index (κ1) is 16.9. The molecular formula is C17H22N4O2. The van der Waals surface area contributed by atoms with Crippen molar-refractivity contribution in [2.75, 3.05) is 25.6 Å². The Bertz CT molecular complexity index is 602. The zero-order chi connectivity index (χ0) is 16.5. The molecule has 2 N–H and O–H groups in total. The van der Waals surface area contributed by atoms with Crippen LogP contribution in [0.4, 0.5) is 5.82 Å². The van der Waals surface area contributed by atoms with Gasteiger partial charge in [-0.3, -0.25) is 4.79 Å². The molecule has 0 aliphatic heterocycles. The van der Waals surface area contributed by atoms with Crippen molar-refractivity contribution in [3.63, 3.8) is 0 Å². The van der Waals surface area contributed by atoms with E-state index in [4.69, 9.17) is 4.74 Å². The van der Waals surface area contributed by atoms with Gasteiger partial charge >= 0.3 is 0 Å². The number of benzene rings is 1. The first-order valence-electron chi connectivity index (χ1n) is 7.61. The number of carbonyl (C=O) groups excluding carboxylic acids is 1. The van der Waals surface area contributed by atoms with Crippen LogP contribution in [0, 0.1) is 0 Å². The van der Waals surface area contributed by atoms with E-state index in [0.29, 0.717) is 18.1 Å². The summed E-state index contributed by atoms with van der Waals surface area (Å²) in [4.78, 5) is 20.5. The van der Waals surface area contributed by atoms with Crippen LogP contribution in [0.15, 0.2) is 42.7 Å². The zero-order valence-corrected chi connectivity index (χ0v) is 13.5. The molecular weight excluding hydrogens is 292 g/mol. The van der Waals surface area contributed by atoms with Crippen LogP contribution in [-0.4, -0.2) is 36.1 Å². The van der Waals surface area contributed by atoms with Gasteiger partial charge < -0.3 is 15.4 Å². The fraction of sp³-hybridized carbons (Fsp3) is 0.353. The van der Waals surface area contributed by atoms with Crippen LogP contribution in [0.25, 0.3) is 0 Å². The minimum atomic E-state index is -0.236. The summed E-state index contributed by atoms with van der Waals surface area (Å²) >= 11 is 0. The molecule has 1 unspecified atom stereocenters. The fourth-order valence-electron chi connectivity index (χ4n) is 2.07. The van der Waals surface area contributed by atoms with Crippen molar-refractivity contribution < 1.29 is 9.53 Å². The summed E-state index contributed by atoms with van der Waals surface area (Å²) in [5, 5.41) is 6.04. The molecule has 0 fully saturated rings. The normalized spacial score (nSPS) is 11.7. The summed E-state index contributed by atoms with van der Waals surface area (Å²) in [6, 6.07) is 9.70. The van der Waals surface area contributed by atoms with Crippen LogP contribution >= 0.6 is 0 Å². The largest absolute Gasteiger partial charge is 0.385 e. The molecule has 6 heteroatoms. The zero-order valence-electron chi connectivity index (χ0n) is 13.5. The van der Waals surface area contributed by atoms with Crippen LogP contribution in [0.3, 0.4) is 0 Å². The number of ether oxygens (including phenoxy) is 1. The number of anilines is 1. The van der Waals surface area contributed by atoms with E-state index >= 15 is 0 Å². The van der Waals surface area contributed by atoms with E-state index in [-0.39, 0.29) is 11.9 Å². The van der Waals surface area contributed by atoms with Crippen LogP contribution in [-0.2, 0) is 4.74 Å². The molecule has 0 aliphatic rings. The number of carbonyl (C=O) groups is 1. The molecule has 1 amide bonds. The first-order valence-corrected chi connectivity index (χ1v) is 7.61. The third kappa shape index (κ3) is 5.34. The predicted molar refractivity (Wildman–Crippen MR) is 89.3 cm³/mol. The van der Waals surface area contributed by atoms with Crippen molar-refractivity contribution in [1.29, 1.82) is 0 Å². The van der Waals surface area contributed by atoms with Gasteiger partial charge in [0.15, 0.2) is 0 Å². The maximum Gasteiger partial charge on any atom is 0.271 e. The molecule has 0 saturated heterocycles. The van der Waals surface area contributed by atoms with Crippen molar-refractivity contribution in [3.05, 3.63) is 54.0 Å². The Hall–Kier alpha value is -2.47. The Balaban J connectivity index is 1.87. The van der Waals surface area contributed by atoms with Crippen LogP contribution in [0.5, 0.6) is 0 Å². The van der Waals surface area contributed by atoms with Crippen molar-refractivity contribution in [1.82, 2.24) is 15.3 Å². The van der Waals surface area contributed by atoms with Crippen molar-refractivity contribution in [2.45, 2.75) is 19.4 Å². The Labute approximate surface area is 136 Å². The first-order chi connectivity index (χ1) is 11.2. The summed E-state index contributed by atoms with van der Waals surface area (Å²) < 4.78 is 4.97. The summed E-state index contributed by atoms with van der Waals surface area (Å²) in [7, 11) is 1.67. The lowest BCUT2D eigenvalue weighted by atomic mass is 10.1. The molecule has 0 bridgehead atoms. The Kier molecular flexibility index (Phi) is 6.50. The molecule has 122 valence electrons. The maximum atomic E-state index is 12.2. The molecule has 1 heterocycles. The molecule has 0 radical (unpaired) electrons. The van der Waals surface area contributed by atoms with Gasteiger partial charge in [-0.15, -0.1) is 0 Å². The van der Waals surface area contributed by atoms with Crippen molar-refractivity contribution in [3.8, 4) is 0 Å². The minimum Gasteiger partial charge on any atom is -0.385 e. The quantitative estimate of drug-likeness (QED) is 0.732. The van der Waals surface area contributed by atoms with Gasteiger partial charge in [0.2, 0.25) is 0 Å². The van der Waals surface area contributed by atoms with Gasteiger partial charge in [-0.05, 0) is 18.9 Å². The predicted octanol–water partition coefficient (Wildman–Crippen LogP) is 2.42. The molecule has 6 nitrogen and oxygen atoms in total. The number of rotatable bonds is 8. The average molecular weight is 314 g/mol. The van der Waals surface area contributed by atoms with Crippen LogP contribution in [0.1, 0.15) is 35.4 Å². The van der Waals surface area contributed by atoms with Gasteiger partial charge in [0, 0.05) is 20.3 Å². The van der Waals surface area contributed by atoms with E-state index < -0.39 is 0 Å². The van der Waals surface area contributed by atoms with E-state index in [1.165, 1.54) is 6.20 Å². The van der Waals surface area contributed by atoms with E-state index in [1.54, 1.807) is 13.3 Å². The van der Waals surface area contributed by atoms with E-state index in [2.05, 4.69) is 20.6 Å². The fourth-order valence-corrected chi connectivity index (χ4v) is 2.07. The maximum absolute atomic E-state index is 12.2. The SMILES string of the molecule is COCCCNc1cnc(C(=O)NC(C)c2ccccc2)cn1. The van der Waals surface area contributed by atoms with Gasteiger partial charge in [-0.2, -0.15) is 0 Å². The highest BCUT2D eigenvalue weighted by Crippen LogP contribution is 2.12. The molecule has 2 aromatic rings. The highest BCUT2D eigenvalue weighted by Gasteiger charge is 2.12. The summed E-state index contributed by atoms with van der Waals surface area (Å²) in [5.74, 6) is 0.411. The molecule has 1 aromatic heterocycles. The second-order valence-electron chi connectivity index (χ2n) is 5.17. The van der Waals surface area contributed by atoms with Gasteiger partial charge in [0.25, 0.3) is 5.91 Å². The lowest BCUT2D eigenvalue weighted by molar-refractivity contribution is 0.0934. The Morgan fingerprint density at radius 1 is 1.22 bits per heavy atom. The smallest absolute Gasteiger partial charge is 0.271 e. The number of amides is 1. The number of hydrogen-bond acceptors (Lipinski definition) is 5. The third-order valence-corrected chi connectivity index (χ3v) is 3.36. The van der Waals surface area contributed by atoms with Crippen molar-refractivity contribution in [2.24, 2.45) is 0 Å². The van der Waals surface area contributed by atoms with Crippen LogP contribution in [0.2, 0.25) is 0 Å². The lowest BCUT2D eigenvalue weighted by Crippen LogP contribution is -2.27. The van der Waals surface area contributed by atoms with E-state index in [9.17, 15) is 4.79 Å². The number of hydrogen-bond donors (Lipinski definition) is 2. The number of nitrogens with zero attached hydrogens (tertiary/aromatic N) is 2. The average Bonchev–Trinajstić information content (AvgIpc) is 2.60. The molecule has 23 heavy (non-hydrogen) atoms. The number of nitrogens with one attached hydrogen (secondary N) is 2.